The molecule has 28 heavy (non-hydrogen) atoms. The minimum Gasteiger partial charge on any atom is -0.320 e. The Balaban J connectivity index is 1.50. The largest absolute Gasteiger partial charge is 0.320 e. The highest BCUT2D eigenvalue weighted by Crippen LogP contribution is 2.34. The van der Waals surface area contributed by atoms with E-state index < -0.39 is 0 Å². The van der Waals surface area contributed by atoms with E-state index in [1.54, 1.807) is 11.3 Å². The lowest BCUT2D eigenvalue weighted by Crippen LogP contribution is -2.14. The van der Waals surface area contributed by atoms with Crippen molar-refractivity contribution in [1.82, 2.24) is 15.0 Å². The highest BCUT2D eigenvalue weighted by molar-refractivity contribution is 7.21. The Morgan fingerprint density at radius 3 is 2.36 bits per heavy atom. The molecule has 0 saturated carbocycles. The lowest BCUT2D eigenvalue weighted by atomic mass is 10.2. The van der Waals surface area contributed by atoms with Gasteiger partial charge in [-0.05, 0) is 36.4 Å². The van der Waals surface area contributed by atoms with Crippen molar-refractivity contribution in [3.05, 3.63) is 84.7 Å². The van der Waals surface area contributed by atoms with Crippen molar-refractivity contribution < 1.29 is 4.79 Å². The zero-order chi connectivity index (χ0) is 18.9. The number of amides is 1. The second kappa shape index (κ2) is 6.83. The summed E-state index contributed by atoms with van der Waals surface area (Å²) < 4.78 is 1.11. The molecule has 2 aromatic heterocycles. The number of aromatic nitrogens is 3. The molecule has 1 N–H and O–H groups in total. The molecule has 5 rings (SSSR count). The topological polar surface area (TPSA) is 67.8 Å². The molecule has 0 spiro atoms. The van der Waals surface area contributed by atoms with E-state index in [0.717, 1.165) is 26.3 Å². The summed E-state index contributed by atoms with van der Waals surface area (Å²) in [6.45, 7) is 0. The van der Waals surface area contributed by atoms with Gasteiger partial charge in [0.1, 0.15) is 10.7 Å². The minimum absolute atomic E-state index is 0.276. The summed E-state index contributed by atoms with van der Waals surface area (Å²) in [4.78, 5) is 26.2. The maximum absolute atomic E-state index is 12.8. The first-order valence-electron chi connectivity index (χ1n) is 8.76. The van der Waals surface area contributed by atoms with Crippen LogP contribution in [0, 0.1) is 0 Å². The zero-order valence-electron chi connectivity index (χ0n) is 14.7. The maximum Gasteiger partial charge on any atom is 0.275 e. The first kappa shape index (κ1) is 16.5. The number of nitrogens with one attached hydrogen (secondary N) is 1. The van der Waals surface area contributed by atoms with Gasteiger partial charge in [-0.3, -0.25) is 9.78 Å². The van der Waals surface area contributed by atoms with E-state index in [0.29, 0.717) is 11.2 Å². The molecule has 0 unspecified atom stereocenters. The Bertz CT molecular complexity index is 1300. The number of rotatable bonds is 3. The number of carbonyl (C=O) groups excluding carboxylic acids is 1. The predicted octanol–water partition coefficient (Wildman–Crippen LogP) is 5.16. The van der Waals surface area contributed by atoms with Crippen LogP contribution in [0.5, 0.6) is 0 Å². The Hall–Kier alpha value is -3.64. The molecular formula is C22H14N4OS. The number of benzene rings is 3. The summed E-state index contributed by atoms with van der Waals surface area (Å²) in [5, 5.41) is 3.82. The highest BCUT2D eigenvalue weighted by Gasteiger charge is 2.14. The number of fused-ring (bicyclic) bond motifs is 2. The third kappa shape index (κ3) is 3.00. The molecule has 3 aromatic carbocycles. The molecule has 0 aliphatic rings. The molecule has 2 heterocycles. The molecule has 0 atom stereocenters. The van der Waals surface area contributed by atoms with Gasteiger partial charge in [0.2, 0.25) is 0 Å². The van der Waals surface area contributed by atoms with Crippen LogP contribution >= 0.6 is 11.3 Å². The van der Waals surface area contributed by atoms with E-state index in [1.807, 2.05) is 72.8 Å². The summed E-state index contributed by atoms with van der Waals surface area (Å²) in [5.41, 5.74) is 4.25. The van der Waals surface area contributed by atoms with Gasteiger partial charge in [0, 0.05) is 5.56 Å². The van der Waals surface area contributed by atoms with Gasteiger partial charge in [0.15, 0.2) is 0 Å². The number of hydrogen-bond acceptors (Lipinski definition) is 5. The average Bonchev–Trinajstić information content (AvgIpc) is 3.18. The monoisotopic (exact) mass is 382 g/mol. The molecule has 0 fully saturated rings. The van der Waals surface area contributed by atoms with Crippen LogP contribution < -0.4 is 5.32 Å². The fourth-order valence-corrected chi connectivity index (χ4v) is 4.02. The van der Waals surface area contributed by atoms with Crippen molar-refractivity contribution in [3.63, 3.8) is 0 Å². The van der Waals surface area contributed by atoms with Gasteiger partial charge < -0.3 is 5.32 Å². The third-order valence-electron chi connectivity index (χ3n) is 4.38. The van der Waals surface area contributed by atoms with Crippen LogP contribution in [0.25, 0.3) is 31.8 Å². The van der Waals surface area contributed by atoms with Gasteiger partial charge in [-0.2, -0.15) is 0 Å². The summed E-state index contributed by atoms with van der Waals surface area (Å²) in [6.07, 6.45) is 1.50. The lowest BCUT2D eigenvalue weighted by molar-refractivity contribution is 0.102. The molecule has 6 heteroatoms. The molecule has 0 aliphatic carbocycles. The van der Waals surface area contributed by atoms with Crippen molar-refractivity contribution in [3.8, 4) is 10.6 Å². The number of carbonyl (C=O) groups is 1. The number of nitrogens with zero attached hydrogens (tertiary/aromatic N) is 3. The van der Waals surface area contributed by atoms with E-state index in [9.17, 15) is 4.79 Å². The molecule has 5 aromatic rings. The molecule has 134 valence electrons. The second-order valence-electron chi connectivity index (χ2n) is 6.23. The van der Waals surface area contributed by atoms with Crippen molar-refractivity contribution in [2.75, 3.05) is 5.32 Å². The van der Waals surface area contributed by atoms with Crippen LogP contribution in [-0.2, 0) is 0 Å². The van der Waals surface area contributed by atoms with E-state index in [2.05, 4.69) is 15.3 Å². The van der Waals surface area contributed by atoms with Gasteiger partial charge in [-0.25, -0.2) is 9.97 Å². The number of para-hydroxylation sites is 4. The smallest absolute Gasteiger partial charge is 0.275 e. The average molecular weight is 382 g/mol. The number of anilines is 1. The van der Waals surface area contributed by atoms with Crippen LogP contribution in [0.2, 0.25) is 0 Å². The minimum atomic E-state index is -0.299. The lowest BCUT2D eigenvalue weighted by Gasteiger charge is -2.09. The van der Waals surface area contributed by atoms with E-state index >= 15 is 0 Å². The molecule has 0 radical (unpaired) electrons. The van der Waals surface area contributed by atoms with Gasteiger partial charge in [-0.15, -0.1) is 11.3 Å². The first-order chi connectivity index (χ1) is 13.8. The zero-order valence-corrected chi connectivity index (χ0v) is 15.5. The number of hydrogen-bond donors (Lipinski definition) is 1. The van der Waals surface area contributed by atoms with Crippen LogP contribution in [0.1, 0.15) is 10.5 Å². The van der Waals surface area contributed by atoms with E-state index in [4.69, 9.17) is 4.98 Å². The quantitative estimate of drug-likeness (QED) is 0.468. The Morgan fingerprint density at radius 1 is 0.786 bits per heavy atom. The molecule has 5 nitrogen and oxygen atoms in total. The summed E-state index contributed by atoms with van der Waals surface area (Å²) in [5.74, 6) is -0.299. The van der Waals surface area contributed by atoms with Crippen molar-refractivity contribution in [2.24, 2.45) is 0 Å². The fraction of sp³-hybridized carbons (Fsp3) is 0. The highest BCUT2D eigenvalue weighted by atomic mass is 32.1. The van der Waals surface area contributed by atoms with Crippen LogP contribution in [0.4, 0.5) is 5.69 Å². The van der Waals surface area contributed by atoms with Gasteiger partial charge in [0.25, 0.3) is 5.91 Å². The molecular weight excluding hydrogens is 368 g/mol. The predicted molar refractivity (Wildman–Crippen MR) is 113 cm³/mol. The fourth-order valence-electron chi connectivity index (χ4n) is 3.02. The first-order valence-corrected chi connectivity index (χ1v) is 9.58. The number of thiazole rings is 1. The van der Waals surface area contributed by atoms with Gasteiger partial charge in [0.05, 0.1) is 33.1 Å². The van der Waals surface area contributed by atoms with E-state index in [-0.39, 0.29) is 11.6 Å². The molecule has 0 bridgehead atoms. The van der Waals surface area contributed by atoms with E-state index in [1.165, 1.54) is 6.20 Å². The maximum atomic E-state index is 12.8. The molecule has 0 saturated heterocycles. The van der Waals surface area contributed by atoms with Gasteiger partial charge in [-0.1, -0.05) is 36.4 Å². The summed E-state index contributed by atoms with van der Waals surface area (Å²) >= 11 is 1.60. The molecule has 0 aliphatic heterocycles. The second-order valence-corrected chi connectivity index (χ2v) is 7.26. The van der Waals surface area contributed by atoms with Crippen molar-refractivity contribution >= 4 is 44.2 Å². The van der Waals surface area contributed by atoms with Crippen LogP contribution in [0.3, 0.4) is 0 Å². The van der Waals surface area contributed by atoms with Crippen molar-refractivity contribution in [2.45, 2.75) is 0 Å². The third-order valence-corrected chi connectivity index (χ3v) is 5.45. The normalized spacial score (nSPS) is 11.0. The SMILES string of the molecule is O=C(Nc1ccccc1-c1nc2ccccc2s1)c1cnc2ccccc2n1. The summed E-state index contributed by atoms with van der Waals surface area (Å²) in [7, 11) is 0. The Morgan fingerprint density at radius 2 is 1.50 bits per heavy atom. The standard InChI is InChI=1S/C22H14N4OS/c27-21(19-13-23-16-9-3-4-10-17(16)24-19)25-15-8-2-1-7-14(15)22-26-18-11-5-6-12-20(18)28-22/h1-13H,(H,25,27). The summed E-state index contributed by atoms with van der Waals surface area (Å²) in [6, 6.07) is 23.1. The Kier molecular flexibility index (Phi) is 4.03. The molecule has 1 amide bonds. The van der Waals surface area contributed by atoms with Crippen molar-refractivity contribution in [1.29, 1.82) is 0 Å². The van der Waals surface area contributed by atoms with Crippen LogP contribution in [-0.4, -0.2) is 20.9 Å². The van der Waals surface area contributed by atoms with Gasteiger partial charge >= 0.3 is 0 Å². The van der Waals surface area contributed by atoms with Crippen LogP contribution in [0.15, 0.2) is 79.0 Å². The Labute approximate surface area is 164 Å².